The van der Waals surface area contributed by atoms with E-state index in [0.29, 0.717) is 6.10 Å². The Labute approximate surface area is 116 Å². The molecule has 4 heteroatoms. The molecule has 0 aromatic rings. The minimum atomic E-state index is 0.147. The summed E-state index contributed by atoms with van der Waals surface area (Å²) in [6.45, 7) is 1.51. The highest BCUT2D eigenvalue weighted by Crippen LogP contribution is 2.24. The molecule has 0 aromatic carbocycles. The summed E-state index contributed by atoms with van der Waals surface area (Å²) in [5.74, 6) is 0.333. The third-order valence-corrected chi connectivity index (χ3v) is 4.37. The van der Waals surface area contributed by atoms with E-state index in [-0.39, 0.29) is 17.9 Å². The lowest BCUT2D eigenvalue weighted by Crippen LogP contribution is -2.31. The standard InChI is InChI=1S/C15H28N2O2/c16-13-8-7-12(11-13)15(18)17-9-4-10-19-14-5-2-1-3-6-14/h12-14H,1-11,16H2,(H,17,18). The third-order valence-electron chi connectivity index (χ3n) is 4.37. The summed E-state index contributed by atoms with van der Waals surface area (Å²) in [7, 11) is 0. The monoisotopic (exact) mass is 268 g/mol. The van der Waals surface area contributed by atoms with Crippen molar-refractivity contribution in [2.75, 3.05) is 13.2 Å². The zero-order valence-electron chi connectivity index (χ0n) is 11.9. The fourth-order valence-corrected chi connectivity index (χ4v) is 3.16. The first-order chi connectivity index (χ1) is 9.25. The maximum Gasteiger partial charge on any atom is 0.223 e. The molecule has 1 amide bonds. The minimum Gasteiger partial charge on any atom is -0.378 e. The van der Waals surface area contributed by atoms with Gasteiger partial charge in [0, 0.05) is 25.1 Å². The van der Waals surface area contributed by atoms with Crippen molar-refractivity contribution in [3.63, 3.8) is 0 Å². The minimum absolute atomic E-state index is 0.147. The lowest BCUT2D eigenvalue weighted by atomic mass is 9.98. The molecule has 2 rings (SSSR count). The molecule has 0 saturated heterocycles. The van der Waals surface area contributed by atoms with Crippen molar-refractivity contribution < 1.29 is 9.53 Å². The van der Waals surface area contributed by atoms with Crippen LogP contribution in [0.3, 0.4) is 0 Å². The molecule has 2 saturated carbocycles. The summed E-state index contributed by atoms with van der Waals surface area (Å²) in [5.41, 5.74) is 5.82. The Morgan fingerprint density at radius 3 is 2.63 bits per heavy atom. The number of nitrogens with one attached hydrogen (secondary N) is 1. The van der Waals surface area contributed by atoms with E-state index in [4.69, 9.17) is 10.5 Å². The van der Waals surface area contributed by atoms with Gasteiger partial charge in [0.15, 0.2) is 0 Å². The first-order valence-corrected chi connectivity index (χ1v) is 7.90. The van der Waals surface area contributed by atoms with Crippen molar-refractivity contribution in [3.05, 3.63) is 0 Å². The molecule has 19 heavy (non-hydrogen) atoms. The van der Waals surface area contributed by atoms with Crippen molar-refractivity contribution in [1.29, 1.82) is 0 Å². The molecule has 0 aromatic heterocycles. The van der Waals surface area contributed by atoms with Gasteiger partial charge < -0.3 is 15.8 Å². The zero-order chi connectivity index (χ0) is 13.5. The lowest BCUT2D eigenvalue weighted by Gasteiger charge is -2.22. The lowest BCUT2D eigenvalue weighted by molar-refractivity contribution is -0.124. The topological polar surface area (TPSA) is 64.4 Å². The van der Waals surface area contributed by atoms with Crippen LogP contribution in [0.25, 0.3) is 0 Å². The van der Waals surface area contributed by atoms with Gasteiger partial charge in [-0.25, -0.2) is 0 Å². The molecule has 0 aliphatic heterocycles. The second kappa shape index (κ2) is 7.85. The quantitative estimate of drug-likeness (QED) is 0.724. The van der Waals surface area contributed by atoms with Crippen LogP contribution >= 0.6 is 0 Å². The number of rotatable bonds is 6. The van der Waals surface area contributed by atoms with E-state index in [0.717, 1.165) is 38.8 Å². The molecule has 3 N–H and O–H groups in total. The molecule has 0 heterocycles. The van der Waals surface area contributed by atoms with E-state index in [2.05, 4.69) is 5.32 Å². The van der Waals surface area contributed by atoms with Crippen LogP contribution in [-0.4, -0.2) is 31.2 Å². The van der Waals surface area contributed by atoms with Crippen LogP contribution in [0.15, 0.2) is 0 Å². The van der Waals surface area contributed by atoms with Gasteiger partial charge in [-0.3, -0.25) is 4.79 Å². The van der Waals surface area contributed by atoms with Gasteiger partial charge in [-0.15, -0.1) is 0 Å². The SMILES string of the molecule is NC1CCC(C(=O)NCCCOC2CCCCC2)C1. The number of ether oxygens (including phenoxy) is 1. The fraction of sp³-hybridized carbons (Fsp3) is 0.933. The van der Waals surface area contributed by atoms with Crippen LogP contribution < -0.4 is 11.1 Å². The smallest absolute Gasteiger partial charge is 0.223 e. The molecule has 4 nitrogen and oxygen atoms in total. The first kappa shape index (κ1) is 14.8. The molecule has 2 fully saturated rings. The number of nitrogens with two attached hydrogens (primary N) is 1. The third kappa shape index (κ3) is 5.11. The predicted molar refractivity (Wildman–Crippen MR) is 75.8 cm³/mol. The summed E-state index contributed by atoms with van der Waals surface area (Å²) in [6.07, 6.45) is 10.6. The summed E-state index contributed by atoms with van der Waals surface area (Å²) in [6, 6.07) is 0.227. The maximum absolute atomic E-state index is 11.8. The number of amides is 1. The Morgan fingerprint density at radius 1 is 1.16 bits per heavy atom. The predicted octanol–water partition coefficient (Wildman–Crippen LogP) is 1.97. The van der Waals surface area contributed by atoms with Crippen LogP contribution in [0.1, 0.15) is 57.8 Å². The highest BCUT2D eigenvalue weighted by molar-refractivity contribution is 5.78. The molecule has 2 atom stereocenters. The van der Waals surface area contributed by atoms with E-state index < -0.39 is 0 Å². The number of hydrogen-bond acceptors (Lipinski definition) is 3. The number of carbonyl (C=O) groups is 1. The van der Waals surface area contributed by atoms with Crippen molar-refractivity contribution >= 4 is 5.91 Å². The molecule has 2 aliphatic rings. The number of hydrogen-bond donors (Lipinski definition) is 2. The summed E-state index contributed by atoms with van der Waals surface area (Å²) >= 11 is 0. The highest BCUT2D eigenvalue weighted by atomic mass is 16.5. The van der Waals surface area contributed by atoms with Crippen LogP contribution in [0.4, 0.5) is 0 Å². The van der Waals surface area contributed by atoms with Crippen molar-refractivity contribution in [2.24, 2.45) is 11.7 Å². The Morgan fingerprint density at radius 2 is 1.95 bits per heavy atom. The summed E-state index contributed by atoms with van der Waals surface area (Å²) in [4.78, 5) is 11.8. The van der Waals surface area contributed by atoms with Gasteiger partial charge in [0.05, 0.1) is 6.10 Å². The van der Waals surface area contributed by atoms with E-state index >= 15 is 0 Å². The number of carbonyl (C=O) groups excluding carboxylic acids is 1. The second-order valence-corrected chi connectivity index (χ2v) is 6.05. The van der Waals surface area contributed by atoms with Gasteiger partial charge in [0.2, 0.25) is 5.91 Å². The molecule has 0 radical (unpaired) electrons. The average molecular weight is 268 g/mol. The Balaban J connectivity index is 1.48. The molecular formula is C15H28N2O2. The Kier molecular flexibility index (Phi) is 6.11. The molecule has 2 unspecified atom stereocenters. The van der Waals surface area contributed by atoms with Crippen molar-refractivity contribution in [3.8, 4) is 0 Å². The van der Waals surface area contributed by atoms with Crippen LogP contribution in [0, 0.1) is 5.92 Å². The zero-order valence-corrected chi connectivity index (χ0v) is 11.9. The second-order valence-electron chi connectivity index (χ2n) is 6.05. The van der Waals surface area contributed by atoms with E-state index in [1.807, 2.05) is 0 Å². The average Bonchev–Trinajstić information content (AvgIpc) is 2.86. The van der Waals surface area contributed by atoms with Crippen molar-refractivity contribution in [1.82, 2.24) is 5.32 Å². The van der Waals surface area contributed by atoms with Gasteiger partial charge in [0.25, 0.3) is 0 Å². The molecular weight excluding hydrogens is 240 g/mol. The first-order valence-electron chi connectivity index (χ1n) is 7.90. The summed E-state index contributed by atoms with van der Waals surface area (Å²) in [5, 5.41) is 3.01. The van der Waals surface area contributed by atoms with Gasteiger partial charge >= 0.3 is 0 Å². The fourth-order valence-electron chi connectivity index (χ4n) is 3.16. The Hall–Kier alpha value is -0.610. The molecule has 110 valence electrons. The van der Waals surface area contributed by atoms with Gasteiger partial charge in [-0.1, -0.05) is 19.3 Å². The van der Waals surface area contributed by atoms with Crippen molar-refractivity contribution in [2.45, 2.75) is 69.9 Å². The molecule has 0 bridgehead atoms. The van der Waals surface area contributed by atoms with E-state index in [9.17, 15) is 4.79 Å². The van der Waals surface area contributed by atoms with Crippen LogP contribution in [-0.2, 0) is 9.53 Å². The highest BCUT2D eigenvalue weighted by Gasteiger charge is 2.27. The van der Waals surface area contributed by atoms with Gasteiger partial charge in [0.1, 0.15) is 0 Å². The molecule has 2 aliphatic carbocycles. The summed E-state index contributed by atoms with van der Waals surface area (Å²) < 4.78 is 5.84. The largest absolute Gasteiger partial charge is 0.378 e. The van der Waals surface area contributed by atoms with E-state index in [1.165, 1.54) is 32.1 Å². The molecule has 0 spiro atoms. The maximum atomic E-state index is 11.8. The van der Waals surface area contributed by atoms with Gasteiger partial charge in [-0.05, 0) is 38.5 Å². The van der Waals surface area contributed by atoms with Gasteiger partial charge in [-0.2, -0.15) is 0 Å². The van der Waals surface area contributed by atoms with Crippen LogP contribution in [0.2, 0.25) is 0 Å². The Bertz CT molecular complexity index is 277. The van der Waals surface area contributed by atoms with E-state index in [1.54, 1.807) is 0 Å². The normalized spacial score (nSPS) is 28.5. The van der Waals surface area contributed by atoms with Crippen LogP contribution in [0.5, 0.6) is 0 Å².